The summed E-state index contributed by atoms with van der Waals surface area (Å²) in [6.45, 7) is 4.72. The number of para-hydroxylation sites is 4. The number of aromatic nitrogens is 1. The van der Waals surface area contributed by atoms with Gasteiger partial charge in [-0.1, -0.05) is 151 Å². The third kappa shape index (κ3) is 6.85. The van der Waals surface area contributed by atoms with Gasteiger partial charge in [0.15, 0.2) is 0 Å². The van der Waals surface area contributed by atoms with Crippen molar-refractivity contribution in [3.63, 3.8) is 0 Å². The summed E-state index contributed by atoms with van der Waals surface area (Å²) >= 11 is 0. The zero-order valence-electron chi connectivity index (χ0n) is 31.1. The van der Waals surface area contributed by atoms with Gasteiger partial charge in [-0.15, -0.1) is 53.8 Å². The molecule has 0 N–H and O–H groups in total. The predicted molar refractivity (Wildman–Crippen MR) is 230 cm³/mol. The van der Waals surface area contributed by atoms with Crippen molar-refractivity contribution in [1.82, 2.24) is 4.57 Å². The van der Waals surface area contributed by atoms with Crippen LogP contribution in [0, 0.1) is 25.7 Å². The first-order chi connectivity index (χ1) is 27.7. The van der Waals surface area contributed by atoms with E-state index in [2.05, 4.69) is 204 Å². The first-order valence-corrected chi connectivity index (χ1v) is 18.8. The first kappa shape index (κ1) is 36.1. The monoisotopic (exact) mass is 915 g/mol. The average Bonchev–Trinajstić information content (AvgIpc) is 3.79. The van der Waals surface area contributed by atoms with Crippen LogP contribution in [0.3, 0.4) is 0 Å². The smallest absolute Gasteiger partial charge is 0.668 e. The Bertz CT molecular complexity index is 2780. The summed E-state index contributed by atoms with van der Waals surface area (Å²) in [7, 11) is 0. The second-order valence-electron chi connectivity index (χ2n) is 13.9. The molecular weight excluding hydrogens is 880 g/mol. The molecule has 1 aliphatic heterocycles. The molecule has 0 fully saturated rings. The van der Waals surface area contributed by atoms with E-state index in [1.54, 1.807) is 0 Å². The maximum Gasteiger partial charge on any atom is 4.00 e. The van der Waals surface area contributed by atoms with Gasteiger partial charge in [-0.3, -0.25) is 0 Å². The molecule has 0 bridgehead atoms. The molecule has 276 valence electrons. The molecule has 8 aromatic carbocycles. The minimum atomic E-state index is 0. The van der Waals surface area contributed by atoms with Gasteiger partial charge >= 0.3 is 21.1 Å². The number of nitrogens with zero attached hydrogens (tertiary/aromatic N) is 4. The summed E-state index contributed by atoms with van der Waals surface area (Å²) < 4.78 is 8.77. The zero-order valence-corrected chi connectivity index (χ0v) is 33.4. The van der Waals surface area contributed by atoms with Gasteiger partial charge in [0, 0.05) is 45.2 Å². The molecule has 0 atom stereocenters. The third-order valence-corrected chi connectivity index (χ3v) is 10.4. The Morgan fingerprint density at radius 1 is 0.544 bits per heavy atom. The summed E-state index contributed by atoms with van der Waals surface area (Å²) in [6, 6.07) is 70.3. The molecule has 0 spiro atoms. The fraction of sp³-hybridized carbons (Fsp3) is 0.0392. The second kappa shape index (κ2) is 15.5. The molecule has 9 aromatic rings. The van der Waals surface area contributed by atoms with Crippen molar-refractivity contribution in [2.45, 2.75) is 13.6 Å². The van der Waals surface area contributed by atoms with Crippen LogP contribution in [0.4, 0.5) is 28.4 Å². The Balaban J connectivity index is 0.00000422. The van der Waals surface area contributed by atoms with Crippen molar-refractivity contribution in [3.8, 4) is 33.8 Å². The van der Waals surface area contributed by atoms with Crippen molar-refractivity contribution in [3.05, 3.63) is 212 Å². The minimum absolute atomic E-state index is 0. The van der Waals surface area contributed by atoms with Gasteiger partial charge in [-0.2, -0.15) is 12.1 Å². The summed E-state index contributed by atoms with van der Waals surface area (Å²) in [6.07, 6.45) is 0. The number of benzene rings is 8. The van der Waals surface area contributed by atoms with Gasteiger partial charge in [0.1, 0.15) is 0 Å². The van der Waals surface area contributed by atoms with Crippen molar-refractivity contribution in [1.29, 1.82) is 0 Å². The number of hydrogen-bond acceptors (Lipinski definition) is 3. The Morgan fingerprint density at radius 2 is 1.16 bits per heavy atom. The average molecular weight is 916 g/mol. The van der Waals surface area contributed by atoms with E-state index < -0.39 is 0 Å². The molecule has 5 nitrogen and oxygen atoms in total. The maximum absolute atomic E-state index is 6.56. The van der Waals surface area contributed by atoms with Crippen LogP contribution in [0.2, 0.25) is 0 Å². The van der Waals surface area contributed by atoms with Gasteiger partial charge in [0.2, 0.25) is 0 Å². The number of rotatable bonds is 9. The Morgan fingerprint density at radius 3 is 1.88 bits per heavy atom. The molecule has 1 aliphatic rings. The van der Waals surface area contributed by atoms with E-state index in [1.807, 2.05) is 18.2 Å². The van der Waals surface area contributed by atoms with Crippen LogP contribution in [-0.4, -0.2) is 4.57 Å². The van der Waals surface area contributed by atoms with Crippen LogP contribution < -0.4 is 14.5 Å². The van der Waals surface area contributed by atoms with Crippen molar-refractivity contribution in [2.75, 3.05) is 9.80 Å². The molecule has 1 aromatic heterocycles. The van der Waals surface area contributed by atoms with E-state index in [4.69, 9.17) is 10.1 Å². The van der Waals surface area contributed by atoms with Crippen LogP contribution in [0.15, 0.2) is 182 Å². The number of aryl methyl sites for hydroxylation is 1. The van der Waals surface area contributed by atoms with E-state index in [0.717, 1.165) is 72.5 Å². The van der Waals surface area contributed by atoms with Crippen LogP contribution in [0.1, 0.15) is 5.56 Å². The summed E-state index contributed by atoms with van der Waals surface area (Å²) in [4.78, 5) is 4.50. The van der Waals surface area contributed by atoms with E-state index in [9.17, 15) is 0 Å². The van der Waals surface area contributed by atoms with Crippen molar-refractivity contribution in [2.24, 2.45) is 0 Å². The van der Waals surface area contributed by atoms with Crippen LogP contribution in [0.5, 0.6) is 11.5 Å². The fourth-order valence-electron chi connectivity index (χ4n) is 7.70. The predicted octanol–water partition coefficient (Wildman–Crippen LogP) is 13.9. The summed E-state index contributed by atoms with van der Waals surface area (Å²) in [5.74, 6) is 1.21. The first-order valence-electron chi connectivity index (χ1n) is 18.8. The van der Waals surface area contributed by atoms with E-state index >= 15 is 0 Å². The molecule has 0 unspecified atom stereocenters. The fourth-order valence-corrected chi connectivity index (χ4v) is 7.70. The van der Waals surface area contributed by atoms with Crippen LogP contribution >= 0.6 is 0 Å². The molecule has 57 heavy (non-hydrogen) atoms. The molecule has 10 rings (SSSR count). The normalized spacial score (nSPS) is 12.1. The molecule has 6 heteroatoms. The van der Waals surface area contributed by atoms with Crippen LogP contribution in [-0.2, 0) is 27.7 Å². The molecule has 2 heterocycles. The third-order valence-electron chi connectivity index (χ3n) is 10.4. The van der Waals surface area contributed by atoms with Crippen molar-refractivity contribution >= 4 is 50.2 Å². The molecule has 0 saturated heterocycles. The largest absolute Gasteiger partial charge is 4.00 e. The molecular formula is C51H36N4OPt. The second-order valence-corrected chi connectivity index (χ2v) is 13.9. The van der Waals surface area contributed by atoms with Crippen LogP contribution in [0.25, 0.3) is 49.4 Å². The van der Waals surface area contributed by atoms with Gasteiger partial charge in [-0.05, 0) is 41.6 Å². The Hall–Kier alpha value is -6.55. The van der Waals surface area contributed by atoms with E-state index in [-0.39, 0.29) is 21.1 Å². The molecule has 0 aliphatic carbocycles. The van der Waals surface area contributed by atoms with Gasteiger partial charge < -0.3 is 24.4 Å². The molecule has 0 saturated carbocycles. The number of ether oxygens (including phenoxy) is 1. The standard InChI is InChI=1S/C51H36N4O.Pt/c1-36-26-28-39(29-27-36)52-34-53-47-23-9-8-20-45(47)46-31-30-42(33-50(46)53)56-41-19-12-18-40(32-41)54-35-55(49-25-11-10-24-48(49)54)51-43(37-14-4-2-5-15-37)21-13-22-44(51)38-16-6-3-7-17-38;/h2-31,35H,34H2,1H3;/q-4;+4. The quantitative estimate of drug-likeness (QED) is 0.135. The SMILES string of the molecule is Cc1ccc([N-]Cn2c3[c-]c(Oc4[c-]c(N5[CH-]N(c6c(-c7ccccc7)cccc6-c6ccccc6)c6ccccc65)ccc4)ccc3c3ccccc32)cc1.[Pt+4]. The number of fused-ring (bicyclic) bond motifs is 4. The molecule has 0 radical (unpaired) electrons. The number of anilines is 4. The Kier molecular flexibility index (Phi) is 9.84. The Labute approximate surface area is 347 Å². The van der Waals surface area contributed by atoms with E-state index in [0.29, 0.717) is 18.2 Å². The topological polar surface area (TPSA) is 34.7 Å². The number of hydrogen-bond donors (Lipinski definition) is 0. The summed E-state index contributed by atoms with van der Waals surface area (Å²) in [5.41, 5.74) is 12.9. The maximum atomic E-state index is 6.56. The summed E-state index contributed by atoms with van der Waals surface area (Å²) in [5, 5.41) is 7.21. The minimum Gasteiger partial charge on any atom is -0.668 e. The van der Waals surface area contributed by atoms with Crippen molar-refractivity contribution < 1.29 is 25.8 Å². The van der Waals surface area contributed by atoms with Gasteiger partial charge in [-0.25, -0.2) is 0 Å². The molecule has 0 amide bonds. The van der Waals surface area contributed by atoms with Gasteiger partial charge in [0.25, 0.3) is 0 Å². The van der Waals surface area contributed by atoms with E-state index in [1.165, 1.54) is 5.56 Å². The zero-order chi connectivity index (χ0) is 37.4. The van der Waals surface area contributed by atoms with Gasteiger partial charge in [0.05, 0.1) is 0 Å².